The van der Waals surface area contributed by atoms with Crippen LogP contribution in [0.2, 0.25) is 0 Å². The van der Waals surface area contributed by atoms with Crippen molar-refractivity contribution in [3.8, 4) is 5.75 Å². The first-order valence-electron chi connectivity index (χ1n) is 7.94. The van der Waals surface area contributed by atoms with Gasteiger partial charge in [-0.15, -0.1) is 0 Å². The van der Waals surface area contributed by atoms with Gasteiger partial charge in [-0.1, -0.05) is 12.1 Å². The smallest absolute Gasteiger partial charge is 0.325 e. The summed E-state index contributed by atoms with van der Waals surface area (Å²) in [5, 5.41) is 5.01. The van der Waals surface area contributed by atoms with Gasteiger partial charge in [-0.2, -0.15) is 0 Å². The van der Waals surface area contributed by atoms with E-state index in [1.807, 2.05) is 0 Å². The van der Waals surface area contributed by atoms with Crippen LogP contribution in [0.1, 0.15) is 12.5 Å². The fourth-order valence-corrected chi connectivity index (χ4v) is 2.49. The summed E-state index contributed by atoms with van der Waals surface area (Å²) in [4.78, 5) is 50.6. The van der Waals surface area contributed by atoms with Gasteiger partial charge in [0.05, 0.1) is 13.7 Å². The number of nitrogens with zero attached hydrogens (tertiary/aromatic N) is 2. The number of carbonyl (C=O) groups excluding carboxylic acids is 4. The molecule has 0 bridgehead atoms. The molecule has 1 aromatic carbocycles. The average molecular weight is 362 g/mol. The second kappa shape index (κ2) is 7.42. The minimum absolute atomic E-state index is 0.203. The summed E-state index contributed by atoms with van der Waals surface area (Å²) >= 11 is 0. The lowest BCUT2D eigenvalue weighted by Crippen LogP contribution is -2.45. The summed E-state index contributed by atoms with van der Waals surface area (Å²) in [5.74, 6) is -0.807. The number of likely N-dealkylation sites (N-methyl/N-ethyl adjacent to an activating group) is 1. The van der Waals surface area contributed by atoms with Gasteiger partial charge in [0.1, 0.15) is 17.8 Å². The number of nitrogens with one attached hydrogen (secondary N) is 2. The monoisotopic (exact) mass is 362 g/mol. The molecule has 1 aliphatic heterocycles. The van der Waals surface area contributed by atoms with Crippen molar-refractivity contribution in [2.75, 3.05) is 34.3 Å². The minimum atomic E-state index is -1.27. The maximum atomic E-state index is 12.7. The zero-order chi connectivity index (χ0) is 19.5. The van der Waals surface area contributed by atoms with Gasteiger partial charge in [-0.05, 0) is 24.6 Å². The Balaban J connectivity index is 2.07. The third kappa shape index (κ3) is 3.76. The van der Waals surface area contributed by atoms with Crippen molar-refractivity contribution in [1.29, 1.82) is 0 Å². The van der Waals surface area contributed by atoms with E-state index in [1.54, 1.807) is 45.3 Å². The topological polar surface area (TPSA) is 108 Å². The molecular weight excluding hydrogens is 340 g/mol. The van der Waals surface area contributed by atoms with Crippen LogP contribution in [0.5, 0.6) is 5.75 Å². The van der Waals surface area contributed by atoms with Crippen LogP contribution in [-0.4, -0.2) is 67.8 Å². The highest BCUT2D eigenvalue weighted by molar-refractivity contribution is 6.09. The number of ether oxygens (including phenoxy) is 1. The molecule has 2 N–H and O–H groups in total. The summed E-state index contributed by atoms with van der Waals surface area (Å²) in [5.41, 5.74) is -0.703. The van der Waals surface area contributed by atoms with E-state index in [9.17, 15) is 19.2 Å². The normalized spacial score (nSPS) is 19.2. The predicted octanol–water partition coefficient (Wildman–Crippen LogP) is -0.333. The number of benzene rings is 1. The first-order valence-corrected chi connectivity index (χ1v) is 7.94. The fraction of sp³-hybridized carbons (Fsp3) is 0.412. The third-order valence-electron chi connectivity index (χ3n) is 4.18. The number of amides is 5. The van der Waals surface area contributed by atoms with Gasteiger partial charge in [0.2, 0.25) is 11.8 Å². The first-order chi connectivity index (χ1) is 12.2. The Morgan fingerprint density at radius 2 is 1.85 bits per heavy atom. The zero-order valence-electron chi connectivity index (χ0n) is 15.2. The molecule has 5 amide bonds. The number of urea groups is 1. The number of carbonyl (C=O) groups is 4. The molecule has 1 aliphatic rings. The molecule has 0 radical (unpaired) electrons. The lowest BCUT2D eigenvalue weighted by Gasteiger charge is -2.22. The third-order valence-corrected chi connectivity index (χ3v) is 4.18. The van der Waals surface area contributed by atoms with Crippen molar-refractivity contribution in [3.05, 3.63) is 29.8 Å². The van der Waals surface area contributed by atoms with Crippen LogP contribution < -0.4 is 15.4 Å². The molecule has 1 fully saturated rings. The predicted molar refractivity (Wildman–Crippen MR) is 92.3 cm³/mol. The quantitative estimate of drug-likeness (QED) is 0.674. The Labute approximate surface area is 151 Å². The number of hydrogen-bond acceptors (Lipinski definition) is 5. The van der Waals surface area contributed by atoms with Gasteiger partial charge in [-0.25, -0.2) is 4.79 Å². The molecule has 1 atom stereocenters. The van der Waals surface area contributed by atoms with E-state index in [0.29, 0.717) is 11.3 Å². The molecule has 140 valence electrons. The van der Waals surface area contributed by atoms with E-state index in [1.165, 1.54) is 12.0 Å². The Morgan fingerprint density at radius 1 is 1.23 bits per heavy atom. The van der Waals surface area contributed by atoms with Crippen LogP contribution in [-0.2, 0) is 19.9 Å². The largest absolute Gasteiger partial charge is 0.497 e. The minimum Gasteiger partial charge on any atom is -0.497 e. The Kier molecular flexibility index (Phi) is 5.49. The summed E-state index contributed by atoms with van der Waals surface area (Å²) in [7, 11) is 4.65. The molecule has 1 saturated heterocycles. The van der Waals surface area contributed by atoms with E-state index in [0.717, 1.165) is 4.90 Å². The van der Waals surface area contributed by atoms with Gasteiger partial charge in [0.25, 0.3) is 5.91 Å². The van der Waals surface area contributed by atoms with Crippen LogP contribution in [0.25, 0.3) is 0 Å². The molecular formula is C17H22N4O5. The average Bonchev–Trinajstić information content (AvgIpc) is 2.83. The molecule has 26 heavy (non-hydrogen) atoms. The van der Waals surface area contributed by atoms with E-state index in [-0.39, 0.29) is 12.5 Å². The van der Waals surface area contributed by atoms with Crippen molar-refractivity contribution in [2.45, 2.75) is 12.5 Å². The summed E-state index contributed by atoms with van der Waals surface area (Å²) < 4.78 is 5.08. The first kappa shape index (κ1) is 19.2. The number of rotatable bonds is 6. The van der Waals surface area contributed by atoms with Crippen LogP contribution in [0.3, 0.4) is 0 Å². The van der Waals surface area contributed by atoms with E-state index >= 15 is 0 Å². The molecule has 1 aromatic rings. The van der Waals surface area contributed by atoms with Gasteiger partial charge in [-0.3, -0.25) is 19.3 Å². The van der Waals surface area contributed by atoms with Gasteiger partial charge < -0.3 is 20.3 Å². The molecule has 2 rings (SSSR count). The van der Waals surface area contributed by atoms with Crippen molar-refractivity contribution in [3.63, 3.8) is 0 Å². The van der Waals surface area contributed by atoms with Crippen molar-refractivity contribution in [2.24, 2.45) is 0 Å². The van der Waals surface area contributed by atoms with Crippen LogP contribution in [0, 0.1) is 0 Å². The van der Waals surface area contributed by atoms with Crippen LogP contribution >= 0.6 is 0 Å². The molecule has 0 spiro atoms. The molecule has 0 saturated carbocycles. The number of hydrogen-bond donors (Lipinski definition) is 2. The van der Waals surface area contributed by atoms with Crippen molar-refractivity contribution >= 4 is 23.8 Å². The van der Waals surface area contributed by atoms with Gasteiger partial charge >= 0.3 is 6.03 Å². The highest BCUT2D eigenvalue weighted by Crippen LogP contribution is 2.29. The van der Waals surface area contributed by atoms with Crippen LogP contribution in [0.4, 0.5) is 4.79 Å². The molecule has 1 heterocycles. The molecule has 9 heteroatoms. The molecule has 9 nitrogen and oxygen atoms in total. The summed E-state index contributed by atoms with van der Waals surface area (Å²) in [6.45, 7) is 0.908. The Hall–Kier alpha value is -3.10. The lowest BCUT2D eigenvalue weighted by molar-refractivity contribution is -0.135. The van der Waals surface area contributed by atoms with E-state index < -0.39 is 29.9 Å². The lowest BCUT2D eigenvalue weighted by atomic mass is 9.92. The molecule has 0 unspecified atom stereocenters. The van der Waals surface area contributed by atoms with Crippen molar-refractivity contribution in [1.82, 2.24) is 20.4 Å². The maximum Gasteiger partial charge on any atom is 0.325 e. The summed E-state index contributed by atoms with van der Waals surface area (Å²) in [6.07, 6.45) is 0. The SMILES string of the molecule is COc1ccc([C@]2(C)NC(=O)N(CC(=O)NCC(=O)N(C)C)C2=O)cc1. The highest BCUT2D eigenvalue weighted by atomic mass is 16.5. The van der Waals surface area contributed by atoms with E-state index in [4.69, 9.17) is 4.74 Å². The highest BCUT2D eigenvalue weighted by Gasteiger charge is 2.49. The van der Waals surface area contributed by atoms with Gasteiger partial charge in [0, 0.05) is 14.1 Å². The van der Waals surface area contributed by atoms with Gasteiger partial charge in [0.15, 0.2) is 0 Å². The standard InChI is InChI=1S/C17H22N4O5/c1-17(11-5-7-12(26-4)8-6-11)15(24)21(16(25)19-17)10-13(22)18-9-14(23)20(2)3/h5-8H,9-10H2,1-4H3,(H,18,22)(H,19,25)/t17-/m0/s1. The summed E-state index contributed by atoms with van der Waals surface area (Å²) in [6, 6.07) is 6.05. The second-order valence-electron chi connectivity index (χ2n) is 6.24. The van der Waals surface area contributed by atoms with E-state index in [2.05, 4.69) is 10.6 Å². The number of methoxy groups -OCH3 is 1. The number of imide groups is 1. The molecule has 0 aliphatic carbocycles. The van der Waals surface area contributed by atoms with Crippen LogP contribution in [0.15, 0.2) is 24.3 Å². The van der Waals surface area contributed by atoms with Crippen molar-refractivity contribution < 1.29 is 23.9 Å². The molecule has 0 aromatic heterocycles. The maximum absolute atomic E-state index is 12.7. The zero-order valence-corrected chi connectivity index (χ0v) is 15.2. The fourth-order valence-electron chi connectivity index (χ4n) is 2.49. The Morgan fingerprint density at radius 3 is 2.38 bits per heavy atom. The Bertz CT molecular complexity index is 731. The second-order valence-corrected chi connectivity index (χ2v) is 6.24.